The average molecular weight is 346 g/mol. The van der Waals surface area contributed by atoms with Crippen LogP contribution in [0.5, 0.6) is 5.75 Å². The van der Waals surface area contributed by atoms with Gasteiger partial charge in [-0.2, -0.15) is 0 Å². The molecule has 0 amide bonds. The summed E-state index contributed by atoms with van der Waals surface area (Å²) in [5.74, 6) is 0.803. The molecule has 1 N–H and O–H groups in total. The Morgan fingerprint density at radius 3 is 2.38 bits per heavy atom. The zero-order chi connectivity index (χ0) is 17.4. The fourth-order valence-corrected chi connectivity index (χ4v) is 3.11. The molecule has 0 saturated heterocycles. The quantitative estimate of drug-likeness (QED) is 0.590. The molecule has 24 heavy (non-hydrogen) atoms. The van der Waals surface area contributed by atoms with E-state index in [1.807, 2.05) is 31.2 Å². The normalized spacial score (nSPS) is 11.8. The van der Waals surface area contributed by atoms with Crippen molar-refractivity contribution in [3.8, 4) is 5.75 Å². The zero-order valence-electron chi connectivity index (χ0n) is 13.9. The Morgan fingerprint density at radius 1 is 1.08 bits per heavy atom. The number of methoxy groups -OCH3 is 1. The van der Waals surface area contributed by atoms with Crippen molar-refractivity contribution in [3.05, 3.63) is 59.7 Å². The van der Waals surface area contributed by atoms with Gasteiger partial charge in [-0.25, -0.2) is 13.1 Å². The molecule has 0 aromatic heterocycles. The molecule has 0 saturated carbocycles. The van der Waals surface area contributed by atoms with Gasteiger partial charge in [-0.05, 0) is 55.3 Å². The first-order valence-electron chi connectivity index (χ1n) is 7.71. The number of sulfonamides is 1. The molecule has 5 nitrogen and oxygen atoms in total. The lowest BCUT2D eigenvalue weighted by Gasteiger charge is -2.06. The molecule has 2 aromatic carbocycles. The predicted octanol–water partition coefficient (Wildman–Crippen LogP) is 2.79. The van der Waals surface area contributed by atoms with Crippen molar-refractivity contribution in [2.75, 3.05) is 20.2 Å². The van der Waals surface area contributed by atoms with E-state index in [0.717, 1.165) is 16.9 Å². The van der Waals surface area contributed by atoms with E-state index in [1.165, 1.54) is 0 Å². The van der Waals surface area contributed by atoms with E-state index < -0.39 is 10.0 Å². The minimum Gasteiger partial charge on any atom is -0.497 e. The first kappa shape index (κ1) is 18.2. The highest BCUT2D eigenvalue weighted by Gasteiger charge is 2.12. The summed E-state index contributed by atoms with van der Waals surface area (Å²) in [6, 6.07) is 14.4. The fourth-order valence-electron chi connectivity index (χ4n) is 2.04. The van der Waals surface area contributed by atoms with Gasteiger partial charge in [0.05, 0.1) is 12.0 Å². The summed E-state index contributed by atoms with van der Waals surface area (Å²) in [4.78, 5) is 4.59. The predicted molar refractivity (Wildman–Crippen MR) is 96.4 cm³/mol. The lowest BCUT2D eigenvalue weighted by molar-refractivity contribution is 0.415. The standard InChI is InChI=1S/C18H22N2O3S/c1-15-4-10-18(11-5-15)24(21,22)20-13-3-12-19-14-16-6-8-17(23-2)9-7-16/h4-11,14,20H,3,12-13H2,1-2H3. The lowest BCUT2D eigenvalue weighted by atomic mass is 10.2. The van der Waals surface area contributed by atoms with Gasteiger partial charge in [-0.3, -0.25) is 4.99 Å². The van der Waals surface area contributed by atoms with E-state index in [1.54, 1.807) is 37.6 Å². The Kier molecular flexibility index (Phi) is 6.52. The van der Waals surface area contributed by atoms with Crippen molar-refractivity contribution in [2.24, 2.45) is 4.99 Å². The van der Waals surface area contributed by atoms with E-state index in [9.17, 15) is 8.42 Å². The summed E-state index contributed by atoms with van der Waals surface area (Å²) in [5, 5.41) is 0. The molecular formula is C18H22N2O3S. The number of nitrogens with one attached hydrogen (secondary N) is 1. The van der Waals surface area contributed by atoms with Crippen LogP contribution in [0, 0.1) is 6.92 Å². The maximum Gasteiger partial charge on any atom is 0.240 e. The second-order valence-electron chi connectivity index (χ2n) is 5.37. The van der Waals surface area contributed by atoms with Crippen LogP contribution in [0.1, 0.15) is 17.5 Å². The van der Waals surface area contributed by atoms with Crippen LogP contribution in [-0.2, 0) is 10.0 Å². The molecular weight excluding hydrogens is 324 g/mol. The van der Waals surface area contributed by atoms with Gasteiger partial charge in [-0.1, -0.05) is 17.7 Å². The largest absolute Gasteiger partial charge is 0.497 e. The fraction of sp³-hybridized carbons (Fsp3) is 0.278. The summed E-state index contributed by atoms with van der Waals surface area (Å²) in [5.41, 5.74) is 2.01. The Balaban J connectivity index is 1.75. The maximum absolute atomic E-state index is 12.1. The van der Waals surface area contributed by atoms with Crippen LogP contribution in [0.15, 0.2) is 58.4 Å². The van der Waals surface area contributed by atoms with E-state index in [0.29, 0.717) is 19.5 Å². The monoisotopic (exact) mass is 346 g/mol. The molecule has 0 fully saturated rings. The molecule has 0 aliphatic heterocycles. The average Bonchev–Trinajstić information content (AvgIpc) is 2.59. The van der Waals surface area contributed by atoms with Crippen molar-refractivity contribution in [2.45, 2.75) is 18.2 Å². The van der Waals surface area contributed by atoms with Crippen LogP contribution in [0.2, 0.25) is 0 Å². The second-order valence-corrected chi connectivity index (χ2v) is 7.14. The third-order valence-corrected chi connectivity index (χ3v) is 4.92. The highest BCUT2D eigenvalue weighted by atomic mass is 32.2. The molecule has 0 aliphatic carbocycles. The summed E-state index contributed by atoms with van der Waals surface area (Å²) >= 11 is 0. The number of aliphatic imine (C=N–C) groups is 1. The highest BCUT2D eigenvalue weighted by molar-refractivity contribution is 7.89. The second kappa shape index (κ2) is 8.61. The van der Waals surface area contributed by atoms with Crippen molar-refractivity contribution in [1.82, 2.24) is 4.72 Å². The molecule has 0 heterocycles. The number of hydrogen-bond donors (Lipinski definition) is 1. The molecule has 6 heteroatoms. The van der Waals surface area contributed by atoms with Crippen molar-refractivity contribution < 1.29 is 13.2 Å². The summed E-state index contributed by atoms with van der Waals surface area (Å²) < 4.78 is 31.9. The topological polar surface area (TPSA) is 67.8 Å². The van der Waals surface area contributed by atoms with Gasteiger partial charge in [-0.15, -0.1) is 0 Å². The lowest BCUT2D eigenvalue weighted by Crippen LogP contribution is -2.25. The van der Waals surface area contributed by atoms with Crippen LogP contribution < -0.4 is 9.46 Å². The number of ether oxygens (including phenoxy) is 1. The maximum atomic E-state index is 12.1. The van der Waals surface area contributed by atoms with E-state index >= 15 is 0 Å². The molecule has 128 valence electrons. The third-order valence-electron chi connectivity index (χ3n) is 3.44. The smallest absolute Gasteiger partial charge is 0.240 e. The SMILES string of the molecule is COc1ccc(C=NCCCNS(=O)(=O)c2ccc(C)cc2)cc1. The van der Waals surface area contributed by atoms with E-state index in [4.69, 9.17) is 4.74 Å². The Bertz CT molecular complexity index is 767. The summed E-state index contributed by atoms with van der Waals surface area (Å²) in [7, 11) is -1.81. The van der Waals surface area contributed by atoms with E-state index in [2.05, 4.69) is 9.71 Å². The van der Waals surface area contributed by atoms with Crippen LogP contribution in [0.3, 0.4) is 0 Å². The van der Waals surface area contributed by atoms with Crippen LogP contribution >= 0.6 is 0 Å². The first-order chi connectivity index (χ1) is 11.5. The molecule has 0 unspecified atom stereocenters. The van der Waals surface area contributed by atoms with Gasteiger partial charge >= 0.3 is 0 Å². The number of aryl methyl sites for hydroxylation is 1. The van der Waals surface area contributed by atoms with Gasteiger partial charge in [0.1, 0.15) is 5.75 Å². The van der Waals surface area contributed by atoms with Gasteiger partial charge in [0.15, 0.2) is 0 Å². The zero-order valence-corrected chi connectivity index (χ0v) is 14.7. The summed E-state index contributed by atoms with van der Waals surface area (Å²) in [6.07, 6.45) is 2.41. The molecule has 0 bridgehead atoms. The molecule has 0 aliphatic rings. The number of hydrogen-bond acceptors (Lipinski definition) is 4. The first-order valence-corrected chi connectivity index (χ1v) is 9.20. The molecule has 0 spiro atoms. The molecule has 0 atom stereocenters. The number of benzene rings is 2. The van der Waals surface area contributed by atoms with E-state index in [-0.39, 0.29) is 4.90 Å². The van der Waals surface area contributed by atoms with Gasteiger partial charge in [0.25, 0.3) is 0 Å². The molecule has 2 aromatic rings. The van der Waals surface area contributed by atoms with Gasteiger partial charge in [0, 0.05) is 19.3 Å². The van der Waals surface area contributed by atoms with Crippen LogP contribution in [0.25, 0.3) is 0 Å². The number of rotatable bonds is 8. The summed E-state index contributed by atoms with van der Waals surface area (Å²) in [6.45, 7) is 2.84. The van der Waals surface area contributed by atoms with Crippen LogP contribution in [-0.4, -0.2) is 34.8 Å². The van der Waals surface area contributed by atoms with Gasteiger partial charge < -0.3 is 4.74 Å². The van der Waals surface area contributed by atoms with Gasteiger partial charge in [0.2, 0.25) is 10.0 Å². The van der Waals surface area contributed by atoms with Crippen molar-refractivity contribution >= 4 is 16.2 Å². The van der Waals surface area contributed by atoms with Crippen LogP contribution in [0.4, 0.5) is 0 Å². The minimum atomic E-state index is -3.44. The number of nitrogens with zero attached hydrogens (tertiary/aromatic N) is 1. The van der Waals surface area contributed by atoms with Crippen molar-refractivity contribution in [1.29, 1.82) is 0 Å². The molecule has 2 rings (SSSR count). The minimum absolute atomic E-state index is 0.287. The van der Waals surface area contributed by atoms with Crippen molar-refractivity contribution in [3.63, 3.8) is 0 Å². The third kappa shape index (κ3) is 5.47. The Labute approximate surface area is 143 Å². The Morgan fingerprint density at radius 2 is 1.75 bits per heavy atom. The Hall–Kier alpha value is -2.18. The molecule has 0 radical (unpaired) electrons. The highest BCUT2D eigenvalue weighted by Crippen LogP contribution is 2.10.